The third-order valence-corrected chi connectivity index (χ3v) is 4.93. The highest BCUT2D eigenvalue weighted by Crippen LogP contribution is 2.16. The fraction of sp³-hybridized carbons (Fsp3) is 0.478. The second-order valence-corrected chi connectivity index (χ2v) is 7.87. The highest BCUT2D eigenvalue weighted by Gasteiger charge is 2.18. The van der Waals surface area contributed by atoms with Crippen molar-refractivity contribution in [2.45, 2.75) is 52.2 Å². The molecule has 1 N–H and O–H groups in total. The van der Waals surface area contributed by atoms with Gasteiger partial charge in [0.25, 0.3) is 0 Å². The second kappa shape index (κ2) is 9.17. The van der Waals surface area contributed by atoms with Crippen molar-refractivity contribution < 1.29 is 0 Å². The lowest BCUT2D eigenvalue weighted by Gasteiger charge is -2.26. The van der Waals surface area contributed by atoms with E-state index in [1.165, 1.54) is 36.1 Å². The molecular weight excluding hydrogens is 304 g/mol. The van der Waals surface area contributed by atoms with Crippen molar-refractivity contribution in [3.8, 4) is 0 Å². The van der Waals surface area contributed by atoms with Crippen molar-refractivity contribution in [1.82, 2.24) is 10.2 Å². The van der Waals surface area contributed by atoms with E-state index in [9.17, 15) is 0 Å². The summed E-state index contributed by atoms with van der Waals surface area (Å²) in [5, 5.41) is 3.65. The lowest BCUT2D eigenvalue weighted by molar-refractivity contribution is 0.233. The Morgan fingerprint density at radius 1 is 0.960 bits per heavy atom. The maximum Gasteiger partial charge on any atom is 0.0238 e. The molecule has 0 spiro atoms. The largest absolute Gasteiger partial charge is 0.313 e. The Kier molecular flexibility index (Phi) is 6.66. The molecule has 0 aromatic heterocycles. The molecule has 1 aliphatic rings. The Bertz CT molecular complexity index is 630. The number of hydrogen-bond donors (Lipinski definition) is 1. The van der Waals surface area contributed by atoms with Crippen molar-refractivity contribution in [3.63, 3.8) is 0 Å². The van der Waals surface area contributed by atoms with Crippen molar-refractivity contribution in [3.05, 3.63) is 71.3 Å². The number of benzene rings is 2. The molecule has 0 radical (unpaired) electrons. The third kappa shape index (κ3) is 5.98. The van der Waals surface area contributed by atoms with Crippen LogP contribution in [-0.2, 0) is 19.5 Å². The summed E-state index contributed by atoms with van der Waals surface area (Å²) in [6, 6.07) is 20.7. The molecule has 2 nitrogen and oxygen atoms in total. The molecule has 25 heavy (non-hydrogen) atoms. The number of nitrogens with one attached hydrogen (secondary N) is 1. The van der Waals surface area contributed by atoms with Gasteiger partial charge in [0, 0.05) is 25.7 Å². The zero-order chi connectivity index (χ0) is 17.5. The summed E-state index contributed by atoms with van der Waals surface area (Å²) in [5.41, 5.74) is 4.30. The van der Waals surface area contributed by atoms with Gasteiger partial charge in [0.1, 0.15) is 0 Å². The zero-order valence-corrected chi connectivity index (χ0v) is 15.7. The predicted octanol–water partition coefficient (Wildman–Crippen LogP) is 4.64. The molecule has 0 saturated carbocycles. The molecule has 0 unspecified atom stereocenters. The molecule has 3 rings (SSSR count). The van der Waals surface area contributed by atoms with E-state index in [0.717, 1.165) is 26.1 Å². The summed E-state index contributed by atoms with van der Waals surface area (Å²) in [6.07, 6.45) is 3.78. The Hall–Kier alpha value is -1.64. The fourth-order valence-electron chi connectivity index (χ4n) is 3.84. The predicted molar refractivity (Wildman–Crippen MR) is 107 cm³/mol. The molecule has 1 aliphatic heterocycles. The van der Waals surface area contributed by atoms with E-state index in [0.29, 0.717) is 12.0 Å². The van der Waals surface area contributed by atoms with Gasteiger partial charge in [-0.05, 0) is 48.4 Å². The van der Waals surface area contributed by atoms with Gasteiger partial charge < -0.3 is 5.32 Å². The van der Waals surface area contributed by atoms with Crippen molar-refractivity contribution >= 4 is 0 Å². The van der Waals surface area contributed by atoms with Gasteiger partial charge in [-0.3, -0.25) is 4.90 Å². The summed E-state index contributed by atoms with van der Waals surface area (Å²) in [4.78, 5) is 2.60. The maximum absolute atomic E-state index is 3.65. The van der Waals surface area contributed by atoms with Crippen LogP contribution in [0, 0.1) is 5.92 Å². The van der Waals surface area contributed by atoms with Crippen LogP contribution in [0.1, 0.15) is 43.4 Å². The van der Waals surface area contributed by atoms with Crippen molar-refractivity contribution in [2.24, 2.45) is 5.92 Å². The molecule has 2 aromatic rings. The first-order chi connectivity index (χ1) is 12.2. The van der Waals surface area contributed by atoms with E-state index in [2.05, 4.69) is 78.7 Å². The van der Waals surface area contributed by atoms with Crippen LogP contribution in [0.5, 0.6) is 0 Å². The Labute approximate surface area is 153 Å². The van der Waals surface area contributed by atoms with E-state index in [1.807, 2.05) is 0 Å². The first-order valence-corrected chi connectivity index (χ1v) is 9.76. The molecule has 0 amide bonds. The minimum Gasteiger partial charge on any atom is -0.313 e. The van der Waals surface area contributed by atoms with E-state index in [1.54, 1.807) is 0 Å². The van der Waals surface area contributed by atoms with Gasteiger partial charge in [0.15, 0.2) is 0 Å². The van der Waals surface area contributed by atoms with Crippen molar-refractivity contribution in [2.75, 3.05) is 13.1 Å². The second-order valence-electron chi connectivity index (χ2n) is 7.87. The SMILES string of the molecule is CC(C)Cc1cccc(CN(Cc2ccccc2)C[C@@H]2CCCN2)c1. The first-order valence-electron chi connectivity index (χ1n) is 9.76. The van der Waals surface area contributed by atoms with Crippen LogP contribution in [-0.4, -0.2) is 24.0 Å². The highest BCUT2D eigenvalue weighted by molar-refractivity contribution is 5.24. The Balaban J connectivity index is 1.69. The lowest BCUT2D eigenvalue weighted by atomic mass is 10.0. The Morgan fingerprint density at radius 2 is 1.68 bits per heavy atom. The molecule has 1 saturated heterocycles. The summed E-state index contributed by atoms with van der Waals surface area (Å²) < 4.78 is 0. The normalized spacial score (nSPS) is 17.5. The molecule has 0 bridgehead atoms. The average Bonchev–Trinajstić information content (AvgIpc) is 3.08. The van der Waals surface area contributed by atoms with Gasteiger partial charge in [0.2, 0.25) is 0 Å². The van der Waals surface area contributed by atoms with Crippen molar-refractivity contribution in [1.29, 1.82) is 0 Å². The van der Waals surface area contributed by atoms with E-state index < -0.39 is 0 Å². The monoisotopic (exact) mass is 336 g/mol. The summed E-state index contributed by atoms with van der Waals surface area (Å²) in [7, 11) is 0. The van der Waals surface area contributed by atoms with Crippen LogP contribution in [0.15, 0.2) is 54.6 Å². The molecular formula is C23H32N2. The highest BCUT2D eigenvalue weighted by atomic mass is 15.2. The first kappa shape index (κ1) is 18.2. The molecule has 1 fully saturated rings. The van der Waals surface area contributed by atoms with Gasteiger partial charge in [-0.2, -0.15) is 0 Å². The minimum absolute atomic E-state index is 0.641. The van der Waals surface area contributed by atoms with Crippen LogP contribution < -0.4 is 5.32 Å². The van der Waals surface area contributed by atoms with Gasteiger partial charge in [-0.15, -0.1) is 0 Å². The molecule has 1 atom stereocenters. The van der Waals surface area contributed by atoms with Crippen LogP contribution >= 0.6 is 0 Å². The zero-order valence-electron chi connectivity index (χ0n) is 15.7. The van der Waals surface area contributed by atoms with Crippen LogP contribution in [0.2, 0.25) is 0 Å². The van der Waals surface area contributed by atoms with Gasteiger partial charge >= 0.3 is 0 Å². The molecule has 0 aliphatic carbocycles. The van der Waals surface area contributed by atoms with E-state index in [-0.39, 0.29) is 0 Å². The average molecular weight is 337 g/mol. The van der Waals surface area contributed by atoms with Crippen LogP contribution in [0.4, 0.5) is 0 Å². The standard InChI is InChI=1S/C23H32N2/c1-19(2)14-21-10-6-11-22(15-21)17-25(18-23-12-7-13-24-23)16-20-8-4-3-5-9-20/h3-6,8-11,15,19,23-24H,7,12-14,16-18H2,1-2H3/t23-/m0/s1. The summed E-state index contributed by atoms with van der Waals surface area (Å²) in [6.45, 7) is 8.93. The van der Waals surface area contributed by atoms with Gasteiger partial charge in [-0.1, -0.05) is 68.4 Å². The summed E-state index contributed by atoms with van der Waals surface area (Å²) >= 11 is 0. The fourth-order valence-corrected chi connectivity index (χ4v) is 3.84. The summed E-state index contributed by atoms with van der Waals surface area (Å²) in [5.74, 6) is 0.707. The van der Waals surface area contributed by atoms with Gasteiger partial charge in [0.05, 0.1) is 0 Å². The number of hydrogen-bond acceptors (Lipinski definition) is 2. The maximum atomic E-state index is 3.65. The molecule has 2 aromatic carbocycles. The molecule has 134 valence electrons. The lowest BCUT2D eigenvalue weighted by Crippen LogP contribution is -2.36. The molecule has 1 heterocycles. The van der Waals surface area contributed by atoms with Crippen LogP contribution in [0.3, 0.4) is 0 Å². The quantitative estimate of drug-likeness (QED) is 0.755. The topological polar surface area (TPSA) is 15.3 Å². The van der Waals surface area contributed by atoms with Crippen LogP contribution in [0.25, 0.3) is 0 Å². The van der Waals surface area contributed by atoms with Gasteiger partial charge in [-0.25, -0.2) is 0 Å². The molecule has 2 heteroatoms. The number of nitrogens with zero attached hydrogens (tertiary/aromatic N) is 1. The van der Waals surface area contributed by atoms with E-state index >= 15 is 0 Å². The van der Waals surface area contributed by atoms with E-state index in [4.69, 9.17) is 0 Å². The Morgan fingerprint density at radius 3 is 2.40 bits per heavy atom. The smallest absolute Gasteiger partial charge is 0.0238 e. The number of rotatable bonds is 8. The minimum atomic E-state index is 0.641. The third-order valence-electron chi connectivity index (χ3n) is 4.93.